The Morgan fingerprint density at radius 3 is 2.19 bits per heavy atom. The first kappa shape index (κ1) is 16.3. The maximum atomic E-state index is 6.17. The van der Waals surface area contributed by atoms with Gasteiger partial charge in [0, 0.05) is 22.8 Å². The summed E-state index contributed by atoms with van der Waals surface area (Å²) in [5.41, 5.74) is 1.74. The highest BCUT2D eigenvalue weighted by molar-refractivity contribution is 6.44. The highest BCUT2D eigenvalue weighted by Gasteiger charge is 2.09. The Kier molecular flexibility index (Phi) is 5.63. The third-order valence-corrected chi connectivity index (χ3v) is 4.03. The highest BCUT2D eigenvalue weighted by Crippen LogP contribution is 2.32. The molecule has 0 amide bonds. The zero-order valence-corrected chi connectivity index (χ0v) is 14.1. The molecule has 0 bridgehead atoms. The molecular weight excluding hydrogens is 329 g/mol. The van der Waals surface area contributed by atoms with Crippen molar-refractivity contribution in [2.75, 3.05) is 5.32 Å². The van der Waals surface area contributed by atoms with E-state index in [1.807, 2.05) is 38.1 Å². The zero-order chi connectivity index (χ0) is 15.4. The molecule has 2 aromatic rings. The predicted octanol–water partition coefficient (Wildman–Crippen LogP) is 6.05. The van der Waals surface area contributed by atoms with Crippen molar-refractivity contribution in [1.29, 1.82) is 0 Å². The predicted molar refractivity (Wildman–Crippen MR) is 91.0 cm³/mol. The second-order valence-corrected chi connectivity index (χ2v) is 6.06. The Bertz CT molecular complexity index is 612. The fraction of sp³-hybridized carbons (Fsp3) is 0.250. The van der Waals surface area contributed by atoms with E-state index in [0.29, 0.717) is 21.6 Å². The van der Waals surface area contributed by atoms with E-state index >= 15 is 0 Å². The molecule has 0 spiro atoms. The first-order chi connectivity index (χ1) is 9.97. The molecule has 2 nitrogen and oxygen atoms in total. The Morgan fingerprint density at radius 1 is 0.952 bits per heavy atom. The molecule has 112 valence electrons. The van der Waals surface area contributed by atoms with Crippen LogP contribution in [-0.2, 0) is 6.54 Å². The molecule has 0 heterocycles. The fourth-order valence-corrected chi connectivity index (χ4v) is 2.53. The van der Waals surface area contributed by atoms with Gasteiger partial charge in [-0.2, -0.15) is 0 Å². The van der Waals surface area contributed by atoms with E-state index in [1.165, 1.54) is 0 Å². The number of nitrogens with one attached hydrogen (secondary N) is 1. The van der Waals surface area contributed by atoms with Crippen molar-refractivity contribution in [2.24, 2.45) is 0 Å². The molecule has 0 fully saturated rings. The van der Waals surface area contributed by atoms with E-state index in [2.05, 4.69) is 5.32 Å². The average molecular weight is 345 g/mol. The Morgan fingerprint density at radius 2 is 1.57 bits per heavy atom. The van der Waals surface area contributed by atoms with E-state index in [-0.39, 0.29) is 6.10 Å². The summed E-state index contributed by atoms with van der Waals surface area (Å²) in [6.07, 6.45) is 0.160. The number of rotatable bonds is 5. The summed E-state index contributed by atoms with van der Waals surface area (Å²) in [5, 5.41) is 4.84. The van der Waals surface area contributed by atoms with Crippen molar-refractivity contribution in [2.45, 2.75) is 26.5 Å². The maximum Gasteiger partial charge on any atom is 0.119 e. The van der Waals surface area contributed by atoms with Crippen LogP contribution in [0, 0.1) is 0 Å². The quantitative estimate of drug-likeness (QED) is 0.667. The normalized spacial score (nSPS) is 10.8. The number of hydrogen-bond acceptors (Lipinski definition) is 2. The highest BCUT2D eigenvalue weighted by atomic mass is 35.5. The lowest BCUT2D eigenvalue weighted by Gasteiger charge is -2.13. The second kappa shape index (κ2) is 7.26. The Hall–Kier alpha value is -1.09. The van der Waals surface area contributed by atoms with Gasteiger partial charge < -0.3 is 10.1 Å². The third-order valence-electron chi connectivity index (χ3n) is 2.83. The lowest BCUT2D eigenvalue weighted by molar-refractivity contribution is 0.242. The lowest BCUT2D eigenvalue weighted by Crippen LogP contribution is -2.05. The lowest BCUT2D eigenvalue weighted by atomic mass is 10.2. The van der Waals surface area contributed by atoms with E-state index in [4.69, 9.17) is 39.5 Å². The van der Waals surface area contributed by atoms with Gasteiger partial charge >= 0.3 is 0 Å². The third kappa shape index (κ3) is 4.44. The molecule has 0 unspecified atom stereocenters. The molecule has 0 atom stereocenters. The van der Waals surface area contributed by atoms with Gasteiger partial charge in [-0.1, -0.05) is 34.8 Å². The minimum absolute atomic E-state index is 0.160. The molecule has 2 aromatic carbocycles. The van der Waals surface area contributed by atoms with Gasteiger partial charge in [-0.3, -0.25) is 0 Å². The monoisotopic (exact) mass is 343 g/mol. The smallest absolute Gasteiger partial charge is 0.119 e. The van der Waals surface area contributed by atoms with Gasteiger partial charge in [0.2, 0.25) is 0 Å². The van der Waals surface area contributed by atoms with E-state index in [9.17, 15) is 0 Å². The summed E-state index contributed by atoms with van der Waals surface area (Å²) in [5.74, 6) is 0.842. The minimum Gasteiger partial charge on any atom is -0.491 e. The Labute approximate surface area is 140 Å². The van der Waals surface area contributed by atoms with Crippen molar-refractivity contribution in [3.8, 4) is 5.75 Å². The van der Waals surface area contributed by atoms with Gasteiger partial charge in [0.05, 0.1) is 16.1 Å². The van der Waals surface area contributed by atoms with Crippen molar-refractivity contribution >= 4 is 40.5 Å². The van der Waals surface area contributed by atoms with E-state index in [1.54, 1.807) is 12.1 Å². The number of hydrogen-bond donors (Lipinski definition) is 1. The van der Waals surface area contributed by atoms with Crippen LogP contribution in [-0.4, -0.2) is 6.10 Å². The summed E-state index contributed by atoms with van der Waals surface area (Å²) in [6.45, 7) is 4.49. The van der Waals surface area contributed by atoms with Crippen molar-refractivity contribution in [3.05, 3.63) is 57.0 Å². The van der Waals surface area contributed by atoms with Crippen LogP contribution in [0.1, 0.15) is 19.4 Å². The van der Waals surface area contributed by atoms with Gasteiger partial charge in [-0.05, 0) is 50.2 Å². The molecule has 0 aliphatic carbocycles. The van der Waals surface area contributed by atoms with Gasteiger partial charge in [0.15, 0.2) is 0 Å². The molecule has 0 aromatic heterocycles. The molecule has 0 saturated carbocycles. The van der Waals surface area contributed by atoms with Crippen LogP contribution >= 0.6 is 34.8 Å². The van der Waals surface area contributed by atoms with Gasteiger partial charge in [0.25, 0.3) is 0 Å². The molecule has 2 rings (SSSR count). The topological polar surface area (TPSA) is 21.3 Å². The molecule has 0 saturated heterocycles. The van der Waals surface area contributed by atoms with Crippen LogP contribution < -0.4 is 10.1 Å². The molecule has 0 aliphatic rings. The fourth-order valence-electron chi connectivity index (χ4n) is 1.85. The number of anilines is 1. The molecular formula is C16H16Cl3NO. The van der Waals surface area contributed by atoms with Gasteiger partial charge in [-0.15, -0.1) is 0 Å². The largest absolute Gasteiger partial charge is 0.491 e. The number of halogens is 3. The summed E-state index contributed by atoms with van der Waals surface area (Å²) >= 11 is 18.3. The second-order valence-electron chi connectivity index (χ2n) is 4.87. The molecule has 5 heteroatoms. The molecule has 0 aliphatic heterocycles. The van der Waals surface area contributed by atoms with Crippen LogP contribution in [0.5, 0.6) is 5.75 Å². The summed E-state index contributed by atoms with van der Waals surface area (Å²) in [4.78, 5) is 0. The first-order valence-corrected chi connectivity index (χ1v) is 7.73. The van der Waals surface area contributed by atoms with Crippen LogP contribution in [0.25, 0.3) is 0 Å². The Balaban J connectivity index is 2.05. The first-order valence-electron chi connectivity index (χ1n) is 6.60. The van der Waals surface area contributed by atoms with Crippen molar-refractivity contribution in [3.63, 3.8) is 0 Å². The SMILES string of the molecule is CC(C)Oc1ccc(NCc2c(Cl)ccc(Cl)c2Cl)cc1. The molecule has 0 radical (unpaired) electrons. The van der Waals surface area contributed by atoms with Crippen LogP contribution in [0.15, 0.2) is 36.4 Å². The summed E-state index contributed by atoms with van der Waals surface area (Å²) in [6, 6.07) is 11.2. The number of benzene rings is 2. The van der Waals surface area contributed by atoms with Gasteiger partial charge in [-0.25, -0.2) is 0 Å². The van der Waals surface area contributed by atoms with Crippen molar-refractivity contribution < 1.29 is 4.74 Å². The van der Waals surface area contributed by atoms with Crippen LogP contribution in [0.3, 0.4) is 0 Å². The van der Waals surface area contributed by atoms with Gasteiger partial charge in [0.1, 0.15) is 5.75 Å². The van der Waals surface area contributed by atoms with Crippen molar-refractivity contribution in [1.82, 2.24) is 0 Å². The maximum absolute atomic E-state index is 6.17. The summed E-state index contributed by atoms with van der Waals surface area (Å²) < 4.78 is 5.60. The van der Waals surface area contributed by atoms with E-state index in [0.717, 1.165) is 17.0 Å². The zero-order valence-electron chi connectivity index (χ0n) is 11.8. The number of ether oxygens (including phenoxy) is 1. The molecule has 21 heavy (non-hydrogen) atoms. The summed E-state index contributed by atoms with van der Waals surface area (Å²) in [7, 11) is 0. The molecule has 1 N–H and O–H groups in total. The standard InChI is InChI=1S/C16H16Cl3NO/c1-10(2)21-12-5-3-11(4-6-12)20-9-13-14(17)7-8-15(18)16(13)19/h3-8,10,20H,9H2,1-2H3. The van der Waals surface area contributed by atoms with E-state index < -0.39 is 0 Å². The van der Waals surface area contributed by atoms with Crippen LogP contribution in [0.2, 0.25) is 15.1 Å². The van der Waals surface area contributed by atoms with Crippen LogP contribution in [0.4, 0.5) is 5.69 Å². The minimum atomic E-state index is 0.160. The average Bonchev–Trinajstić information content (AvgIpc) is 2.44.